The second-order valence-electron chi connectivity index (χ2n) is 12.2. The van der Waals surface area contributed by atoms with Crippen molar-refractivity contribution in [2.75, 3.05) is 0 Å². The van der Waals surface area contributed by atoms with Crippen molar-refractivity contribution < 1.29 is 14.0 Å². The first kappa shape index (κ1) is 22.4. The van der Waals surface area contributed by atoms with E-state index in [1.165, 1.54) is 16.7 Å². The van der Waals surface area contributed by atoms with Crippen molar-refractivity contribution in [1.82, 2.24) is 0 Å². The molecule has 1 spiro atoms. The van der Waals surface area contributed by atoms with E-state index < -0.39 is 7.12 Å². The molecule has 182 valence electrons. The molecule has 0 N–H and O–H groups in total. The van der Waals surface area contributed by atoms with Gasteiger partial charge >= 0.3 is 7.12 Å². The van der Waals surface area contributed by atoms with Crippen LogP contribution < -0.4 is 10.2 Å². The summed E-state index contributed by atoms with van der Waals surface area (Å²) in [5.74, 6) is 2.62. The number of allylic oxidation sites excluding steroid dienone is 8. The molecule has 0 radical (unpaired) electrons. The zero-order chi connectivity index (χ0) is 24.9. The summed E-state index contributed by atoms with van der Waals surface area (Å²) >= 11 is 0. The van der Waals surface area contributed by atoms with Gasteiger partial charge in [0.2, 0.25) is 0 Å². The van der Waals surface area contributed by atoms with Crippen LogP contribution in [0.1, 0.15) is 63.6 Å². The normalized spacial score (nSPS) is 34.0. The van der Waals surface area contributed by atoms with Crippen molar-refractivity contribution in [2.24, 2.45) is 11.3 Å². The molecular weight excluding hydrogens is 443 g/mol. The van der Waals surface area contributed by atoms with E-state index in [2.05, 4.69) is 120 Å². The fourth-order valence-corrected chi connectivity index (χ4v) is 7.37. The molecule has 2 heterocycles. The van der Waals surface area contributed by atoms with E-state index in [1.807, 2.05) is 0 Å². The standard InChI is InChI=1S/C32H33BO3/c1-29(2)30(3,4)36-33(35-29)21-17-18-27-26(20-21)32(31(5)19-11-10-16-28(31)34-27)24-14-8-6-12-22(24)23-13-7-9-15-25(23)32/h6-18,20,22,24H,19H2,1-5H3. The lowest BCUT2D eigenvalue weighted by atomic mass is 9.49. The molecule has 36 heavy (non-hydrogen) atoms. The van der Waals surface area contributed by atoms with Crippen LogP contribution >= 0.6 is 0 Å². The summed E-state index contributed by atoms with van der Waals surface area (Å²) in [7, 11) is -0.414. The smallest absolute Gasteiger partial charge is 0.461 e. The van der Waals surface area contributed by atoms with Crippen molar-refractivity contribution in [3.8, 4) is 5.75 Å². The Morgan fingerprint density at radius 3 is 2.39 bits per heavy atom. The quantitative estimate of drug-likeness (QED) is 0.449. The highest BCUT2D eigenvalue weighted by Gasteiger charge is 2.65. The minimum atomic E-state index is -0.414. The zero-order valence-corrected chi connectivity index (χ0v) is 21.7. The van der Waals surface area contributed by atoms with Gasteiger partial charge in [0.25, 0.3) is 0 Å². The van der Waals surface area contributed by atoms with Gasteiger partial charge in [-0.15, -0.1) is 0 Å². The van der Waals surface area contributed by atoms with E-state index in [1.54, 1.807) is 0 Å². The van der Waals surface area contributed by atoms with E-state index in [0.29, 0.717) is 5.92 Å². The summed E-state index contributed by atoms with van der Waals surface area (Å²) in [6, 6.07) is 15.6. The van der Waals surface area contributed by atoms with Gasteiger partial charge in [0.1, 0.15) is 11.5 Å². The summed E-state index contributed by atoms with van der Waals surface area (Å²) in [5.41, 5.74) is 3.84. The molecule has 7 rings (SSSR count). The van der Waals surface area contributed by atoms with Crippen LogP contribution in [-0.4, -0.2) is 18.3 Å². The second-order valence-corrected chi connectivity index (χ2v) is 12.2. The molecule has 4 heteroatoms. The molecule has 3 aliphatic carbocycles. The Hall–Kier alpha value is -2.82. The van der Waals surface area contributed by atoms with Crippen molar-refractivity contribution in [2.45, 2.75) is 63.6 Å². The van der Waals surface area contributed by atoms with Crippen molar-refractivity contribution in [3.05, 3.63) is 107 Å². The van der Waals surface area contributed by atoms with Gasteiger partial charge in [0.15, 0.2) is 0 Å². The fourth-order valence-electron chi connectivity index (χ4n) is 7.37. The lowest BCUT2D eigenvalue weighted by molar-refractivity contribution is 0.00578. The third-order valence-electron chi connectivity index (χ3n) is 9.88. The minimum Gasteiger partial charge on any atom is -0.461 e. The van der Waals surface area contributed by atoms with Gasteiger partial charge < -0.3 is 14.0 Å². The highest BCUT2D eigenvalue weighted by atomic mass is 16.7. The minimum absolute atomic E-state index is 0.228. The molecule has 0 bridgehead atoms. The van der Waals surface area contributed by atoms with Crippen LogP contribution in [-0.2, 0) is 14.7 Å². The molecule has 0 aromatic heterocycles. The zero-order valence-electron chi connectivity index (χ0n) is 21.7. The number of ether oxygens (including phenoxy) is 1. The van der Waals surface area contributed by atoms with Gasteiger partial charge in [0, 0.05) is 28.2 Å². The molecule has 1 fully saturated rings. The molecule has 4 atom stereocenters. The molecule has 5 aliphatic rings. The average Bonchev–Trinajstić information content (AvgIpc) is 3.28. The van der Waals surface area contributed by atoms with Crippen LogP contribution in [0.25, 0.3) is 0 Å². The van der Waals surface area contributed by atoms with Crippen molar-refractivity contribution >= 4 is 12.6 Å². The van der Waals surface area contributed by atoms with Gasteiger partial charge in [-0.1, -0.05) is 79.8 Å². The van der Waals surface area contributed by atoms with Crippen molar-refractivity contribution in [1.29, 1.82) is 0 Å². The van der Waals surface area contributed by atoms with E-state index in [9.17, 15) is 0 Å². The Morgan fingerprint density at radius 2 is 1.58 bits per heavy atom. The third-order valence-corrected chi connectivity index (χ3v) is 9.88. The van der Waals surface area contributed by atoms with Gasteiger partial charge in [-0.3, -0.25) is 0 Å². The maximum Gasteiger partial charge on any atom is 0.494 e. The number of hydrogen-bond acceptors (Lipinski definition) is 3. The SMILES string of the molecule is CC1(C)OB(c2ccc3c(c2)C2(c4ccccc4C4C=CC=CC42)C2(C)CC=CC=C2O3)OC1(C)C. The predicted octanol–water partition coefficient (Wildman–Crippen LogP) is 6.35. The van der Waals surface area contributed by atoms with Crippen LogP contribution in [0, 0.1) is 11.3 Å². The molecule has 0 saturated carbocycles. The van der Waals surface area contributed by atoms with Crippen molar-refractivity contribution in [3.63, 3.8) is 0 Å². The molecule has 4 unspecified atom stereocenters. The highest BCUT2D eigenvalue weighted by Crippen LogP contribution is 2.69. The lowest BCUT2D eigenvalue weighted by Crippen LogP contribution is -2.54. The molecule has 2 aliphatic heterocycles. The molecule has 2 aromatic rings. The summed E-state index contributed by atoms with van der Waals surface area (Å²) < 4.78 is 19.7. The maximum absolute atomic E-state index is 6.71. The topological polar surface area (TPSA) is 27.7 Å². The maximum atomic E-state index is 6.71. The largest absolute Gasteiger partial charge is 0.494 e. The number of benzene rings is 2. The number of rotatable bonds is 1. The van der Waals surface area contributed by atoms with E-state index >= 15 is 0 Å². The molecular formula is C32H33BO3. The van der Waals surface area contributed by atoms with E-state index in [-0.39, 0.29) is 27.9 Å². The Labute approximate surface area is 214 Å². The Bertz CT molecular complexity index is 1380. The van der Waals surface area contributed by atoms with Crippen LogP contribution in [0.3, 0.4) is 0 Å². The van der Waals surface area contributed by atoms with Gasteiger partial charge in [-0.05, 0) is 62.8 Å². The van der Waals surface area contributed by atoms with E-state index in [0.717, 1.165) is 23.4 Å². The van der Waals surface area contributed by atoms with Gasteiger partial charge in [-0.2, -0.15) is 0 Å². The van der Waals surface area contributed by atoms with E-state index in [4.69, 9.17) is 14.0 Å². The average molecular weight is 476 g/mol. The number of fused-ring (bicyclic) bond motifs is 9. The van der Waals surface area contributed by atoms with Crippen LogP contribution in [0.15, 0.2) is 90.8 Å². The molecule has 3 nitrogen and oxygen atoms in total. The lowest BCUT2D eigenvalue weighted by Gasteiger charge is -2.55. The first-order valence-electron chi connectivity index (χ1n) is 13.2. The molecule has 0 amide bonds. The van der Waals surface area contributed by atoms with Crippen LogP contribution in [0.5, 0.6) is 5.75 Å². The Morgan fingerprint density at radius 1 is 0.833 bits per heavy atom. The highest BCUT2D eigenvalue weighted by molar-refractivity contribution is 6.62. The Kier molecular flexibility index (Phi) is 4.44. The second kappa shape index (κ2) is 7.15. The fraction of sp³-hybridized carbons (Fsp3) is 0.375. The molecule has 1 saturated heterocycles. The van der Waals surface area contributed by atoms with Crippen LogP contribution in [0.2, 0.25) is 0 Å². The monoisotopic (exact) mass is 476 g/mol. The first-order chi connectivity index (χ1) is 17.2. The Balaban J connectivity index is 1.50. The summed E-state index contributed by atoms with van der Waals surface area (Å²) in [6.45, 7) is 10.8. The number of hydrogen-bond donors (Lipinski definition) is 0. The molecule has 2 aromatic carbocycles. The van der Waals surface area contributed by atoms with Gasteiger partial charge in [0.05, 0.1) is 11.2 Å². The summed E-state index contributed by atoms with van der Waals surface area (Å²) in [6.07, 6.45) is 16.8. The third kappa shape index (κ3) is 2.62. The van der Waals surface area contributed by atoms with Crippen LogP contribution in [0.4, 0.5) is 0 Å². The first-order valence-corrected chi connectivity index (χ1v) is 13.2. The summed E-state index contributed by atoms with van der Waals surface area (Å²) in [5, 5.41) is 0. The van der Waals surface area contributed by atoms with Gasteiger partial charge in [-0.25, -0.2) is 0 Å². The summed E-state index contributed by atoms with van der Waals surface area (Å²) in [4.78, 5) is 0. The predicted molar refractivity (Wildman–Crippen MR) is 144 cm³/mol.